The zero-order valence-corrected chi connectivity index (χ0v) is 26.9. The number of rotatable bonds is 10. The second-order valence-electron chi connectivity index (χ2n) is 13.2. The van der Waals surface area contributed by atoms with Crippen molar-refractivity contribution in [2.24, 2.45) is 11.8 Å². The van der Waals surface area contributed by atoms with Crippen molar-refractivity contribution in [3.05, 3.63) is 42.4 Å². The van der Waals surface area contributed by atoms with Gasteiger partial charge in [0, 0.05) is 63.8 Å². The average Bonchev–Trinajstić information content (AvgIpc) is 3.43. The third kappa shape index (κ3) is 8.59. The number of nitrogens with zero attached hydrogens (tertiary/aromatic N) is 5. The number of morpholine rings is 1. The number of aliphatic hydroxyl groups excluding tert-OH is 1. The second kappa shape index (κ2) is 15.0. The molecule has 2 aromatic rings. The number of carbonyl (C=O) groups excluding carboxylic acids is 3. The van der Waals surface area contributed by atoms with Gasteiger partial charge in [-0.3, -0.25) is 14.6 Å². The van der Waals surface area contributed by atoms with Crippen LogP contribution in [0.5, 0.6) is 0 Å². The van der Waals surface area contributed by atoms with Gasteiger partial charge in [-0.1, -0.05) is 13.8 Å². The number of aromatic nitrogens is 2. The van der Waals surface area contributed by atoms with Crippen LogP contribution in [0.3, 0.4) is 0 Å². The Morgan fingerprint density at radius 2 is 1.84 bits per heavy atom. The highest BCUT2D eigenvalue weighted by molar-refractivity contribution is 5.94. The number of likely N-dealkylation sites (tertiary alicyclic amines) is 1. The fourth-order valence-electron chi connectivity index (χ4n) is 5.98. The van der Waals surface area contributed by atoms with Crippen molar-refractivity contribution in [3.8, 4) is 11.3 Å². The predicted octanol–water partition coefficient (Wildman–Crippen LogP) is 3.91. The molecule has 11 heteroatoms. The fraction of sp³-hybridized carbons (Fsp3) is 0.636. The van der Waals surface area contributed by atoms with Crippen molar-refractivity contribution in [1.29, 1.82) is 0 Å². The van der Waals surface area contributed by atoms with Gasteiger partial charge in [0.2, 0.25) is 5.91 Å². The molecule has 44 heavy (non-hydrogen) atoms. The summed E-state index contributed by atoms with van der Waals surface area (Å²) < 4.78 is 13.2. The van der Waals surface area contributed by atoms with Crippen molar-refractivity contribution in [1.82, 2.24) is 24.3 Å². The number of aliphatic hydroxyl groups is 1. The molecule has 2 saturated heterocycles. The molecule has 2 fully saturated rings. The van der Waals surface area contributed by atoms with E-state index in [-0.39, 0.29) is 43.5 Å². The normalized spacial score (nSPS) is 19.2. The molecular formula is C33H49N5O6. The SMILES string of the molecule is CC(C)CN(C(=O)c1ccc(-c2cccnc2)n1CCCCO)[C@H]1C[C@@H](C(=O)N2CCOCC2)CN(C(=O)OC(C)(C)C)C1. The lowest BCUT2D eigenvalue weighted by Crippen LogP contribution is -2.58. The van der Waals surface area contributed by atoms with Crippen molar-refractivity contribution < 1.29 is 29.0 Å². The zero-order valence-electron chi connectivity index (χ0n) is 26.9. The topological polar surface area (TPSA) is 117 Å². The van der Waals surface area contributed by atoms with E-state index in [0.29, 0.717) is 64.3 Å². The highest BCUT2D eigenvalue weighted by Gasteiger charge is 2.41. The van der Waals surface area contributed by atoms with Crippen LogP contribution in [0.4, 0.5) is 4.79 Å². The van der Waals surface area contributed by atoms with Crippen LogP contribution >= 0.6 is 0 Å². The van der Waals surface area contributed by atoms with Crippen LogP contribution in [0.2, 0.25) is 0 Å². The van der Waals surface area contributed by atoms with E-state index in [1.807, 2.05) is 59.4 Å². The van der Waals surface area contributed by atoms with E-state index in [9.17, 15) is 19.5 Å². The van der Waals surface area contributed by atoms with Gasteiger partial charge in [0.25, 0.3) is 5.91 Å². The van der Waals surface area contributed by atoms with Gasteiger partial charge >= 0.3 is 6.09 Å². The van der Waals surface area contributed by atoms with Crippen molar-refractivity contribution >= 4 is 17.9 Å². The largest absolute Gasteiger partial charge is 0.444 e. The number of hydrogen-bond donors (Lipinski definition) is 1. The molecule has 3 amide bonds. The molecule has 2 aromatic heterocycles. The van der Waals surface area contributed by atoms with Crippen LogP contribution in [-0.4, -0.2) is 111 Å². The molecular weight excluding hydrogens is 562 g/mol. The summed E-state index contributed by atoms with van der Waals surface area (Å²) in [6.07, 6.45) is 4.79. The number of pyridine rings is 1. The molecule has 0 saturated carbocycles. The summed E-state index contributed by atoms with van der Waals surface area (Å²) in [6.45, 7) is 13.2. The zero-order chi connectivity index (χ0) is 31.9. The van der Waals surface area contributed by atoms with Gasteiger partial charge < -0.3 is 33.8 Å². The third-order valence-electron chi connectivity index (χ3n) is 7.96. The van der Waals surface area contributed by atoms with Crippen LogP contribution in [0.25, 0.3) is 11.3 Å². The van der Waals surface area contributed by atoms with Crippen molar-refractivity contribution in [3.63, 3.8) is 0 Å². The summed E-state index contributed by atoms with van der Waals surface area (Å²) in [5, 5.41) is 9.45. The minimum Gasteiger partial charge on any atom is -0.444 e. The first-order valence-electron chi connectivity index (χ1n) is 15.8. The Balaban J connectivity index is 1.69. The molecule has 2 atom stereocenters. The van der Waals surface area contributed by atoms with Gasteiger partial charge in [-0.2, -0.15) is 0 Å². The van der Waals surface area contributed by atoms with Gasteiger partial charge in [-0.25, -0.2) is 4.79 Å². The van der Waals surface area contributed by atoms with Crippen LogP contribution in [-0.2, 0) is 20.8 Å². The Morgan fingerprint density at radius 3 is 2.48 bits per heavy atom. The lowest BCUT2D eigenvalue weighted by atomic mass is 9.91. The molecule has 0 radical (unpaired) electrons. The number of carbonyl (C=O) groups is 3. The highest BCUT2D eigenvalue weighted by Crippen LogP contribution is 2.29. The molecule has 11 nitrogen and oxygen atoms in total. The van der Waals surface area contributed by atoms with Crippen LogP contribution in [0, 0.1) is 11.8 Å². The smallest absolute Gasteiger partial charge is 0.410 e. The molecule has 0 spiro atoms. The maximum absolute atomic E-state index is 14.6. The molecule has 2 aliphatic heterocycles. The first kappa shape index (κ1) is 33.5. The Hall–Kier alpha value is -3.44. The molecule has 2 aliphatic rings. The lowest BCUT2D eigenvalue weighted by molar-refractivity contribution is -0.142. The molecule has 242 valence electrons. The minimum atomic E-state index is -0.695. The number of unbranched alkanes of at least 4 members (excludes halogenated alkanes) is 1. The van der Waals surface area contributed by atoms with E-state index in [4.69, 9.17) is 9.47 Å². The highest BCUT2D eigenvalue weighted by atomic mass is 16.6. The first-order chi connectivity index (χ1) is 21.0. The first-order valence-corrected chi connectivity index (χ1v) is 15.8. The van der Waals surface area contributed by atoms with E-state index < -0.39 is 17.6 Å². The summed E-state index contributed by atoms with van der Waals surface area (Å²) in [5.41, 5.74) is 1.62. The molecule has 0 aliphatic carbocycles. The summed E-state index contributed by atoms with van der Waals surface area (Å²) in [6, 6.07) is 7.24. The molecule has 1 N–H and O–H groups in total. The number of ether oxygens (including phenoxy) is 2. The van der Waals surface area contributed by atoms with E-state index in [1.165, 1.54) is 0 Å². The molecule has 4 heterocycles. The summed E-state index contributed by atoms with van der Waals surface area (Å²) in [4.78, 5) is 51.2. The summed E-state index contributed by atoms with van der Waals surface area (Å²) in [7, 11) is 0. The lowest BCUT2D eigenvalue weighted by Gasteiger charge is -2.44. The van der Waals surface area contributed by atoms with Gasteiger partial charge in [0.1, 0.15) is 11.3 Å². The van der Waals surface area contributed by atoms with Crippen LogP contribution < -0.4 is 0 Å². The quantitative estimate of drug-likeness (QED) is 0.405. The molecule has 0 unspecified atom stereocenters. The Labute approximate surface area is 261 Å². The number of piperidine rings is 1. The van der Waals surface area contributed by atoms with E-state index >= 15 is 0 Å². The fourth-order valence-corrected chi connectivity index (χ4v) is 5.98. The maximum atomic E-state index is 14.6. The van der Waals surface area contributed by atoms with E-state index in [0.717, 1.165) is 11.3 Å². The Morgan fingerprint density at radius 1 is 1.09 bits per heavy atom. The van der Waals surface area contributed by atoms with Gasteiger partial charge in [0.05, 0.1) is 30.9 Å². The second-order valence-corrected chi connectivity index (χ2v) is 13.2. The monoisotopic (exact) mass is 611 g/mol. The van der Waals surface area contributed by atoms with Crippen molar-refractivity contribution in [2.75, 3.05) is 52.5 Å². The average molecular weight is 612 g/mol. The maximum Gasteiger partial charge on any atom is 0.410 e. The number of amides is 3. The summed E-state index contributed by atoms with van der Waals surface area (Å²) >= 11 is 0. The predicted molar refractivity (Wildman–Crippen MR) is 167 cm³/mol. The minimum absolute atomic E-state index is 0.0188. The molecule has 0 aromatic carbocycles. The van der Waals surface area contributed by atoms with E-state index in [1.54, 1.807) is 17.3 Å². The standard InChI is InChI=1S/C33H49N5O6/c1-24(2)21-38(31(41)29-11-10-28(25-9-8-12-34-20-25)37(29)13-6-7-16-39)27-19-26(30(40)35-14-17-43-18-15-35)22-36(23-27)32(42)44-33(3,4)5/h8-12,20,24,26-27,39H,6-7,13-19,21-23H2,1-5H3/t26-,27+/m1/s1. The van der Waals surface area contributed by atoms with Gasteiger partial charge in [-0.15, -0.1) is 0 Å². The Bertz CT molecular complexity index is 1250. The molecule has 4 rings (SSSR count). The van der Waals surface area contributed by atoms with Gasteiger partial charge in [0.15, 0.2) is 0 Å². The van der Waals surface area contributed by atoms with Crippen LogP contribution in [0.1, 0.15) is 64.4 Å². The van der Waals surface area contributed by atoms with Gasteiger partial charge in [-0.05, 0) is 70.2 Å². The molecule has 0 bridgehead atoms. The summed E-state index contributed by atoms with van der Waals surface area (Å²) in [5.74, 6) is -0.481. The van der Waals surface area contributed by atoms with Crippen molar-refractivity contribution in [2.45, 2.75) is 72.1 Å². The Kier molecular flexibility index (Phi) is 11.4. The number of hydrogen-bond acceptors (Lipinski definition) is 7. The van der Waals surface area contributed by atoms with E-state index in [2.05, 4.69) is 18.8 Å². The third-order valence-corrected chi connectivity index (χ3v) is 7.96. The van der Waals surface area contributed by atoms with Crippen LogP contribution in [0.15, 0.2) is 36.7 Å².